The highest BCUT2D eigenvalue weighted by Gasteiger charge is 2.18. The topological polar surface area (TPSA) is 120 Å². The molecule has 9 nitrogen and oxygen atoms in total. The number of amides is 1. The fourth-order valence-electron chi connectivity index (χ4n) is 4.12. The highest BCUT2D eigenvalue weighted by atomic mass is 32.2. The number of carbonyl (C=O) groups is 1. The monoisotopic (exact) mass is 555 g/mol. The zero-order valence-corrected chi connectivity index (χ0v) is 23.4. The molecule has 4 rings (SSSR count). The van der Waals surface area contributed by atoms with Crippen molar-refractivity contribution in [3.8, 4) is 11.5 Å². The predicted molar refractivity (Wildman–Crippen MR) is 150 cm³/mol. The third kappa shape index (κ3) is 10.2. The Morgan fingerprint density at radius 2 is 1.85 bits per heavy atom. The summed E-state index contributed by atoms with van der Waals surface area (Å²) in [5.74, 6) is 2.06. The minimum Gasteiger partial charge on any atom is -0.493 e. The number of methoxy groups -OCH3 is 1. The van der Waals surface area contributed by atoms with Crippen LogP contribution in [0.2, 0.25) is 0 Å². The molecular weight excluding hydrogens is 518 g/mol. The van der Waals surface area contributed by atoms with E-state index in [0.29, 0.717) is 30.7 Å². The Morgan fingerprint density at radius 1 is 1.13 bits per heavy atom. The van der Waals surface area contributed by atoms with E-state index in [1.54, 1.807) is 43.9 Å². The standard InChI is InChI=1S/C22H29N3O3.C7H8O3S/c1-17-3-7-19(8-4-17)24-22(26)10-6-18-5-9-20(21(15-18)27-2)28-14-13-25-12-11-23-16-25;1-6-2-4-7(5-3-6)11(8,9)10/h5-6,9-12,15-17,19H,3-4,7-8,13-14H2,1-2H3,(H,24,26);2-5H,1H3,(H,8,9,10)/t17-,19-;. The first-order valence-electron chi connectivity index (χ1n) is 12.9. The second kappa shape index (κ2) is 14.5. The van der Waals surface area contributed by atoms with Crippen LogP contribution in [0.3, 0.4) is 0 Å². The molecule has 2 aromatic carbocycles. The number of hydrogen-bond donors (Lipinski definition) is 2. The Balaban J connectivity index is 0.000000320. The van der Waals surface area contributed by atoms with Crippen molar-refractivity contribution in [3.05, 3.63) is 78.4 Å². The summed E-state index contributed by atoms with van der Waals surface area (Å²) in [5.41, 5.74) is 1.85. The third-order valence-electron chi connectivity index (χ3n) is 6.46. The van der Waals surface area contributed by atoms with Crippen LogP contribution in [-0.2, 0) is 21.5 Å². The Morgan fingerprint density at radius 3 is 2.46 bits per heavy atom. The fraction of sp³-hybridized carbons (Fsp3) is 0.379. The van der Waals surface area contributed by atoms with Gasteiger partial charge in [-0.15, -0.1) is 0 Å². The van der Waals surface area contributed by atoms with Crippen molar-refractivity contribution in [1.29, 1.82) is 0 Å². The summed E-state index contributed by atoms with van der Waals surface area (Å²) in [6.45, 7) is 5.35. The molecule has 0 radical (unpaired) electrons. The summed E-state index contributed by atoms with van der Waals surface area (Å²) in [4.78, 5) is 16.1. The number of aryl methyl sites for hydroxylation is 1. The maximum Gasteiger partial charge on any atom is 0.294 e. The minimum atomic E-state index is -4.02. The van der Waals surface area contributed by atoms with Crippen molar-refractivity contribution < 1.29 is 27.2 Å². The molecule has 1 aromatic heterocycles. The van der Waals surface area contributed by atoms with Crippen LogP contribution in [0, 0.1) is 12.8 Å². The van der Waals surface area contributed by atoms with Gasteiger partial charge in [-0.2, -0.15) is 8.42 Å². The normalized spacial score (nSPS) is 17.2. The molecule has 0 aliphatic heterocycles. The summed E-state index contributed by atoms with van der Waals surface area (Å²) in [6.07, 6.45) is 13.3. The van der Waals surface area contributed by atoms with E-state index in [1.807, 2.05) is 35.9 Å². The molecule has 2 N–H and O–H groups in total. The SMILES string of the molecule is COc1cc(C=CC(=O)N[C@H]2CC[C@H](C)CC2)ccc1OCCn1ccnc1.Cc1ccc(S(=O)(=O)O)cc1. The highest BCUT2D eigenvalue weighted by molar-refractivity contribution is 7.85. The van der Waals surface area contributed by atoms with E-state index in [-0.39, 0.29) is 10.8 Å². The van der Waals surface area contributed by atoms with Gasteiger partial charge in [0.05, 0.1) is 24.9 Å². The van der Waals surface area contributed by atoms with Crippen molar-refractivity contribution in [3.63, 3.8) is 0 Å². The van der Waals surface area contributed by atoms with Gasteiger partial charge >= 0.3 is 0 Å². The Hall–Kier alpha value is -3.63. The van der Waals surface area contributed by atoms with Crippen molar-refractivity contribution in [2.75, 3.05) is 13.7 Å². The van der Waals surface area contributed by atoms with Crippen LogP contribution >= 0.6 is 0 Å². The molecule has 10 heteroatoms. The van der Waals surface area contributed by atoms with Gasteiger partial charge in [0, 0.05) is 24.5 Å². The molecule has 0 atom stereocenters. The minimum absolute atomic E-state index is 0.0424. The molecule has 1 fully saturated rings. The lowest BCUT2D eigenvalue weighted by atomic mass is 9.87. The molecule has 210 valence electrons. The number of ether oxygens (including phenoxy) is 2. The second-order valence-electron chi connectivity index (χ2n) is 9.65. The van der Waals surface area contributed by atoms with Crippen LogP contribution in [0.25, 0.3) is 6.08 Å². The molecule has 1 heterocycles. The van der Waals surface area contributed by atoms with Gasteiger partial charge in [0.15, 0.2) is 11.5 Å². The predicted octanol–water partition coefficient (Wildman–Crippen LogP) is 4.92. The van der Waals surface area contributed by atoms with Gasteiger partial charge in [0.25, 0.3) is 10.1 Å². The van der Waals surface area contributed by atoms with Gasteiger partial charge in [-0.1, -0.05) is 30.7 Å². The lowest BCUT2D eigenvalue weighted by Gasteiger charge is -2.26. The van der Waals surface area contributed by atoms with Gasteiger partial charge in [-0.05, 0) is 74.4 Å². The van der Waals surface area contributed by atoms with Crippen molar-refractivity contribution in [2.24, 2.45) is 5.92 Å². The number of nitrogens with zero attached hydrogens (tertiary/aromatic N) is 2. The smallest absolute Gasteiger partial charge is 0.294 e. The van der Waals surface area contributed by atoms with E-state index in [1.165, 1.54) is 25.0 Å². The maximum absolute atomic E-state index is 12.2. The highest BCUT2D eigenvalue weighted by Crippen LogP contribution is 2.28. The first kappa shape index (κ1) is 29.9. The maximum atomic E-state index is 12.2. The van der Waals surface area contributed by atoms with Crippen LogP contribution < -0.4 is 14.8 Å². The number of aromatic nitrogens is 2. The molecule has 1 saturated carbocycles. The summed E-state index contributed by atoms with van der Waals surface area (Å²) >= 11 is 0. The molecule has 1 aliphatic carbocycles. The van der Waals surface area contributed by atoms with Crippen molar-refractivity contribution in [1.82, 2.24) is 14.9 Å². The lowest BCUT2D eigenvalue weighted by Crippen LogP contribution is -2.36. The second-order valence-corrected chi connectivity index (χ2v) is 11.1. The molecular formula is C29H37N3O6S. The Labute approximate surface area is 230 Å². The number of benzene rings is 2. The molecule has 0 unspecified atom stereocenters. The van der Waals surface area contributed by atoms with E-state index >= 15 is 0 Å². The van der Waals surface area contributed by atoms with Gasteiger partial charge in [-0.25, -0.2) is 4.98 Å². The molecule has 3 aromatic rings. The van der Waals surface area contributed by atoms with E-state index in [2.05, 4.69) is 17.2 Å². The zero-order valence-electron chi connectivity index (χ0n) is 22.6. The molecule has 39 heavy (non-hydrogen) atoms. The largest absolute Gasteiger partial charge is 0.493 e. The number of hydrogen-bond acceptors (Lipinski definition) is 6. The molecule has 1 aliphatic rings. The number of nitrogens with one attached hydrogen (secondary N) is 1. The summed E-state index contributed by atoms with van der Waals surface area (Å²) in [7, 11) is -2.41. The summed E-state index contributed by atoms with van der Waals surface area (Å²) in [5, 5.41) is 3.10. The third-order valence-corrected chi connectivity index (χ3v) is 7.33. The molecule has 0 bridgehead atoms. The quantitative estimate of drug-likeness (QED) is 0.284. The van der Waals surface area contributed by atoms with E-state index in [9.17, 15) is 13.2 Å². The molecule has 0 saturated heterocycles. The average molecular weight is 556 g/mol. The van der Waals surface area contributed by atoms with Crippen LogP contribution in [0.4, 0.5) is 0 Å². The van der Waals surface area contributed by atoms with Crippen LogP contribution in [0.15, 0.2) is 72.2 Å². The summed E-state index contributed by atoms with van der Waals surface area (Å²) in [6, 6.07) is 11.9. The van der Waals surface area contributed by atoms with Crippen LogP contribution in [0.1, 0.15) is 43.7 Å². The van der Waals surface area contributed by atoms with Gasteiger partial charge in [0.2, 0.25) is 5.91 Å². The number of carbonyl (C=O) groups excluding carboxylic acids is 1. The Bertz CT molecular complexity index is 1310. The zero-order chi connectivity index (χ0) is 28.3. The van der Waals surface area contributed by atoms with Crippen molar-refractivity contribution >= 4 is 22.1 Å². The van der Waals surface area contributed by atoms with Gasteiger partial charge < -0.3 is 19.4 Å². The molecule has 0 spiro atoms. The first-order chi connectivity index (χ1) is 18.6. The lowest BCUT2D eigenvalue weighted by molar-refractivity contribution is -0.117. The van der Waals surface area contributed by atoms with Gasteiger partial charge in [0.1, 0.15) is 6.61 Å². The van der Waals surface area contributed by atoms with E-state index in [0.717, 1.165) is 29.9 Å². The molecule has 1 amide bonds. The number of rotatable bonds is 9. The van der Waals surface area contributed by atoms with E-state index < -0.39 is 10.1 Å². The average Bonchev–Trinajstić information content (AvgIpc) is 3.43. The van der Waals surface area contributed by atoms with Crippen LogP contribution in [0.5, 0.6) is 11.5 Å². The van der Waals surface area contributed by atoms with Crippen LogP contribution in [-0.4, -0.2) is 48.2 Å². The Kier molecular flexibility index (Phi) is 11.1. The summed E-state index contributed by atoms with van der Waals surface area (Å²) < 4.78 is 42.8. The first-order valence-corrected chi connectivity index (χ1v) is 14.4. The van der Waals surface area contributed by atoms with Crippen molar-refractivity contribution in [2.45, 2.75) is 57.0 Å². The van der Waals surface area contributed by atoms with E-state index in [4.69, 9.17) is 14.0 Å². The number of imidazole rings is 1. The van der Waals surface area contributed by atoms with Gasteiger partial charge in [-0.3, -0.25) is 9.35 Å². The fourth-order valence-corrected chi connectivity index (χ4v) is 4.60.